The van der Waals surface area contributed by atoms with E-state index in [-0.39, 0.29) is 23.4 Å². The van der Waals surface area contributed by atoms with Gasteiger partial charge in [0.05, 0.1) is 0 Å². The molecule has 0 aromatic heterocycles. The summed E-state index contributed by atoms with van der Waals surface area (Å²) >= 11 is 0. The number of carbonyl (C=O) groups excluding carboxylic acids is 2. The SMILES string of the molecule is O=C(c1ccc(F)cc1)C1CCCN(C(=O)c2ccc(F)cc2)C1. The molecular formula is C19H17F2NO2. The van der Waals surface area contributed by atoms with E-state index in [0.29, 0.717) is 30.6 Å². The molecule has 1 saturated heterocycles. The van der Waals surface area contributed by atoms with Crippen molar-refractivity contribution in [2.75, 3.05) is 13.1 Å². The van der Waals surface area contributed by atoms with Crippen LogP contribution in [-0.4, -0.2) is 29.7 Å². The molecule has 1 amide bonds. The second-order valence-electron chi connectivity index (χ2n) is 5.97. The number of hydrogen-bond acceptors (Lipinski definition) is 2. The van der Waals surface area contributed by atoms with Gasteiger partial charge in [-0.3, -0.25) is 9.59 Å². The Labute approximate surface area is 138 Å². The van der Waals surface area contributed by atoms with Crippen molar-refractivity contribution in [2.45, 2.75) is 12.8 Å². The second-order valence-corrected chi connectivity index (χ2v) is 5.97. The molecule has 1 heterocycles. The highest BCUT2D eigenvalue weighted by Gasteiger charge is 2.29. The van der Waals surface area contributed by atoms with Gasteiger partial charge in [0, 0.05) is 30.1 Å². The molecule has 1 atom stereocenters. The molecule has 124 valence electrons. The molecule has 24 heavy (non-hydrogen) atoms. The first kappa shape index (κ1) is 16.3. The molecule has 0 saturated carbocycles. The summed E-state index contributed by atoms with van der Waals surface area (Å²) in [5.74, 6) is -1.36. The zero-order valence-corrected chi connectivity index (χ0v) is 13.0. The van der Waals surface area contributed by atoms with Crippen molar-refractivity contribution in [1.82, 2.24) is 4.90 Å². The van der Waals surface area contributed by atoms with E-state index in [0.717, 1.165) is 6.42 Å². The summed E-state index contributed by atoms with van der Waals surface area (Å²) in [6.07, 6.45) is 1.42. The highest BCUT2D eigenvalue weighted by atomic mass is 19.1. The molecule has 3 nitrogen and oxygen atoms in total. The topological polar surface area (TPSA) is 37.4 Å². The van der Waals surface area contributed by atoms with Crippen molar-refractivity contribution in [3.05, 3.63) is 71.3 Å². The first-order chi connectivity index (χ1) is 11.5. The number of carbonyl (C=O) groups is 2. The van der Waals surface area contributed by atoms with Crippen LogP contribution in [0, 0.1) is 17.6 Å². The van der Waals surface area contributed by atoms with Gasteiger partial charge in [-0.1, -0.05) is 0 Å². The van der Waals surface area contributed by atoms with Crippen LogP contribution in [0.1, 0.15) is 33.6 Å². The predicted molar refractivity (Wildman–Crippen MR) is 85.8 cm³/mol. The number of benzene rings is 2. The van der Waals surface area contributed by atoms with E-state index < -0.39 is 5.82 Å². The van der Waals surface area contributed by atoms with Crippen molar-refractivity contribution >= 4 is 11.7 Å². The van der Waals surface area contributed by atoms with Crippen molar-refractivity contribution in [3.63, 3.8) is 0 Å². The average molecular weight is 329 g/mol. The summed E-state index contributed by atoms with van der Waals surface area (Å²) in [6, 6.07) is 10.9. The third-order valence-electron chi connectivity index (χ3n) is 4.30. The van der Waals surface area contributed by atoms with Crippen LogP contribution in [0.15, 0.2) is 48.5 Å². The first-order valence-electron chi connectivity index (χ1n) is 7.89. The molecule has 5 heteroatoms. The summed E-state index contributed by atoms with van der Waals surface area (Å²) in [4.78, 5) is 26.7. The Morgan fingerprint density at radius 3 is 2.00 bits per heavy atom. The molecule has 0 bridgehead atoms. The van der Waals surface area contributed by atoms with Crippen LogP contribution in [0.2, 0.25) is 0 Å². The summed E-state index contributed by atoms with van der Waals surface area (Å²) in [7, 11) is 0. The molecule has 3 rings (SSSR count). The van der Waals surface area contributed by atoms with Gasteiger partial charge in [0.1, 0.15) is 11.6 Å². The highest BCUT2D eigenvalue weighted by Crippen LogP contribution is 2.22. The summed E-state index contributed by atoms with van der Waals surface area (Å²) in [5.41, 5.74) is 0.865. The molecule has 1 unspecified atom stereocenters. The number of likely N-dealkylation sites (tertiary alicyclic amines) is 1. The van der Waals surface area contributed by atoms with Gasteiger partial charge in [0.15, 0.2) is 5.78 Å². The molecule has 0 radical (unpaired) electrons. The number of piperidine rings is 1. The smallest absolute Gasteiger partial charge is 0.253 e. The molecule has 1 fully saturated rings. The number of ketones is 1. The molecule has 0 aliphatic carbocycles. The molecule has 2 aromatic rings. The Balaban J connectivity index is 1.71. The fourth-order valence-electron chi connectivity index (χ4n) is 3.00. The maximum absolute atomic E-state index is 13.0. The predicted octanol–water partition coefficient (Wildman–Crippen LogP) is 3.70. The number of amides is 1. The van der Waals surface area contributed by atoms with Crippen molar-refractivity contribution in [2.24, 2.45) is 5.92 Å². The monoisotopic (exact) mass is 329 g/mol. The van der Waals surface area contributed by atoms with E-state index in [2.05, 4.69) is 0 Å². The van der Waals surface area contributed by atoms with Crippen LogP contribution in [0.4, 0.5) is 8.78 Å². The van der Waals surface area contributed by atoms with E-state index in [1.807, 2.05) is 0 Å². The number of hydrogen-bond donors (Lipinski definition) is 0. The molecule has 0 N–H and O–H groups in total. The van der Waals surface area contributed by atoms with Crippen LogP contribution in [-0.2, 0) is 0 Å². The van der Waals surface area contributed by atoms with E-state index in [1.165, 1.54) is 48.5 Å². The fraction of sp³-hybridized carbons (Fsp3) is 0.263. The van der Waals surface area contributed by atoms with Gasteiger partial charge in [-0.15, -0.1) is 0 Å². The zero-order chi connectivity index (χ0) is 17.1. The van der Waals surface area contributed by atoms with Gasteiger partial charge < -0.3 is 4.90 Å². The van der Waals surface area contributed by atoms with Gasteiger partial charge in [-0.2, -0.15) is 0 Å². The number of nitrogens with zero attached hydrogens (tertiary/aromatic N) is 1. The van der Waals surface area contributed by atoms with E-state index in [4.69, 9.17) is 0 Å². The average Bonchev–Trinajstić information content (AvgIpc) is 2.62. The van der Waals surface area contributed by atoms with Crippen molar-refractivity contribution < 1.29 is 18.4 Å². The Hall–Kier alpha value is -2.56. The quantitative estimate of drug-likeness (QED) is 0.805. The molecule has 1 aliphatic heterocycles. The standard InChI is InChI=1S/C19H17F2NO2/c20-16-7-3-13(4-8-16)18(23)15-2-1-11-22(12-15)19(24)14-5-9-17(21)10-6-14/h3-10,15H,1-2,11-12H2. The molecule has 0 spiro atoms. The minimum atomic E-state index is -0.394. The number of Topliss-reactive ketones (excluding diaryl/α,β-unsaturated/α-hetero) is 1. The van der Waals surface area contributed by atoms with Crippen LogP contribution >= 0.6 is 0 Å². The van der Waals surface area contributed by atoms with E-state index >= 15 is 0 Å². The Morgan fingerprint density at radius 1 is 0.875 bits per heavy atom. The third-order valence-corrected chi connectivity index (χ3v) is 4.30. The lowest BCUT2D eigenvalue weighted by Gasteiger charge is -2.32. The number of rotatable bonds is 3. The zero-order valence-electron chi connectivity index (χ0n) is 13.0. The highest BCUT2D eigenvalue weighted by molar-refractivity contribution is 5.99. The van der Waals surface area contributed by atoms with Crippen LogP contribution in [0.25, 0.3) is 0 Å². The van der Waals surface area contributed by atoms with Crippen molar-refractivity contribution in [1.29, 1.82) is 0 Å². The van der Waals surface area contributed by atoms with Gasteiger partial charge in [0.2, 0.25) is 0 Å². The van der Waals surface area contributed by atoms with Crippen molar-refractivity contribution in [3.8, 4) is 0 Å². The van der Waals surface area contributed by atoms with Gasteiger partial charge in [0.25, 0.3) is 5.91 Å². The second kappa shape index (κ2) is 6.91. The fourth-order valence-corrected chi connectivity index (χ4v) is 3.00. The minimum absolute atomic E-state index is 0.0772. The van der Waals surface area contributed by atoms with Crippen LogP contribution in [0.3, 0.4) is 0 Å². The number of halogens is 2. The third kappa shape index (κ3) is 3.50. The van der Waals surface area contributed by atoms with E-state index in [1.54, 1.807) is 4.90 Å². The van der Waals surface area contributed by atoms with E-state index in [9.17, 15) is 18.4 Å². The lowest BCUT2D eigenvalue weighted by atomic mass is 9.89. The van der Waals surface area contributed by atoms with Crippen LogP contribution in [0.5, 0.6) is 0 Å². The maximum atomic E-state index is 13.0. The summed E-state index contributed by atoms with van der Waals surface area (Å²) < 4.78 is 26.0. The summed E-state index contributed by atoms with van der Waals surface area (Å²) in [6.45, 7) is 0.899. The normalized spacial score (nSPS) is 17.6. The Bertz CT molecular complexity index is 677. The molecular weight excluding hydrogens is 312 g/mol. The Kier molecular flexibility index (Phi) is 4.69. The lowest BCUT2D eigenvalue weighted by Crippen LogP contribution is -2.42. The van der Waals surface area contributed by atoms with Gasteiger partial charge in [-0.25, -0.2) is 8.78 Å². The largest absolute Gasteiger partial charge is 0.338 e. The van der Waals surface area contributed by atoms with Crippen LogP contribution < -0.4 is 0 Å². The van der Waals surface area contributed by atoms with Gasteiger partial charge in [-0.05, 0) is 61.4 Å². The molecule has 1 aliphatic rings. The molecule has 2 aromatic carbocycles. The van der Waals surface area contributed by atoms with Gasteiger partial charge >= 0.3 is 0 Å². The first-order valence-corrected chi connectivity index (χ1v) is 7.89. The lowest BCUT2D eigenvalue weighted by molar-refractivity contribution is 0.0637. The maximum Gasteiger partial charge on any atom is 0.253 e. The minimum Gasteiger partial charge on any atom is -0.338 e. The Morgan fingerprint density at radius 2 is 1.42 bits per heavy atom. The summed E-state index contributed by atoms with van der Waals surface area (Å²) in [5, 5.41) is 0.